The maximum atomic E-state index is 15.2. The Morgan fingerprint density at radius 1 is 1.39 bits per heavy atom. The molecular formula is C21H21F3N4O3. The lowest BCUT2D eigenvalue weighted by molar-refractivity contribution is 0.163. The zero-order valence-electron chi connectivity index (χ0n) is 16.8. The van der Waals surface area contributed by atoms with Gasteiger partial charge in [0, 0.05) is 30.6 Å². The predicted molar refractivity (Wildman–Crippen MR) is 107 cm³/mol. The van der Waals surface area contributed by atoms with E-state index < -0.39 is 35.5 Å². The fraction of sp³-hybridized carbons (Fsp3) is 0.476. The summed E-state index contributed by atoms with van der Waals surface area (Å²) in [7, 11) is 0. The summed E-state index contributed by atoms with van der Waals surface area (Å²) in [4.78, 5) is 24.8. The van der Waals surface area contributed by atoms with Crippen molar-refractivity contribution in [2.24, 2.45) is 0 Å². The highest BCUT2D eigenvalue weighted by Gasteiger charge is 2.41. The van der Waals surface area contributed by atoms with Crippen molar-refractivity contribution >= 4 is 22.7 Å². The van der Waals surface area contributed by atoms with Crippen LogP contribution in [0.4, 0.5) is 23.7 Å². The van der Waals surface area contributed by atoms with Crippen LogP contribution < -0.4 is 15.8 Å². The maximum Gasteiger partial charge on any atom is 0.404 e. The Hall–Kier alpha value is -3.22. The van der Waals surface area contributed by atoms with Gasteiger partial charge < -0.3 is 19.9 Å². The quantitative estimate of drug-likeness (QED) is 0.769. The minimum absolute atomic E-state index is 0.0477. The Morgan fingerprint density at radius 2 is 2.10 bits per heavy atom. The number of anilines is 1. The average molecular weight is 434 g/mol. The van der Waals surface area contributed by atoms with Crippen molar-refractivity contribution in [3.63, 3.8) is 0 Å². The number of carbonyl (C=O) groups is 1. The Bertz CT molecular complexity index is 1190. The van der Waals surface area contributed by atoms with Crippen LogP contribution in [0, 0.1) is 29.9 Å². The van der Waals surface area contributed by atoms with Crippen molar-refractivity contribution in [1.29, 1.82) is 5.26 Å². The lowest BCUT2D eigenvalue weighted by Crippen LogP contribution is -2.41. The molecule has 31 heavy (non-hydrogen) atoms. The molecule has 2 heterocycles. The van der Waals surface area contributed by atoms with Crippen LogP contribution in [0.15, 0.2) is 10.9 Å². The summed E-state index contributed by atoms with van der Waals surface area (Å²) in [6.07, 6.45) is 0.892. The molecule has 2 fully saturated rings. The first-order chi connectivity index (χ1) is 14.7. The maximum absolute atomic E-state index is 15.2. The van der Waals surface area contributed by atoms with Crippen LogP contribution in [0.2, 0.25) is 0 Å². The normalized spacial score (nSPS) is 21.2. The largest absolute Gasteiger partial charge is 0.465 e. The van der Waals surface area contributed by atoms with E-state index >= 15 is 13.2 Å². The van der Waals surface area contributed by atoms with Crippen molar-refractivity contribution < 1.29 is 23.1 Å². The molecule has 1 aliphatic heterocycles. The van der Waals surface area contributed by atoms with Gasteiger partial charge in [0.15, 0.2) is 11.6 Å². The van der Waals surface area contributed by atoms with E-state index in [2.05, 4.69) is 0 Å². The zero-order chi connectivity index (χ0) is 22.5. The molecule has 10 heteroatoms. The monoisotopic (exact) mass is 434 g/mol. The second-order valence-electron chi connectivity index (χ2n) is 8.27. The number of aromatic nitrogens is 1. The minimum Gasteiger partial charge on any atom is -0.465 e. The Morgan fingerprint density at radius 3 is 2.68 bits per heavy atom. The van der Waals surface area contributed by atoms with Crippen molar-refractivity contribution in [3.05, 3.63) is 39.2 Å². The summed E-state index contributed by atoms with van der Waals surface area (Å²) in [6, 6.07) is 2.64. The van der Waals surface area contributed by atoms with Crippen LogP contribution in [-0.2, 0) is 0 Å². The van der Waals surface area contributed by atoms with Gasteiger partial charge in [-0.15, -0.1) is 0 Å². The third kappa shape index (κ3) is 3.38. The Labute approximate surface area is 175 Å². The molecule has 1 aromatic carbocycles. The van der Waals surface area contributed by atoms with Crippen molar-refractivity contribution in [1.82, 2.24) is 9.88 Å². The smallest absolute Gasteiger partial charge is 0.404 e. The van der Waals surface area contributed by atoms with E-state index in [4.69, 9.17) is 5.11 Å². The molecule has 7 nitrogen and oxygen atoms in total. The van der Waals surface area contributed by atoms with Gasteiger partial charge in [-0.1, -0.05) is 0 Å². The van der Waals surface area contributed by atoms with Gasteiger partial charge in [-0.05, 0) is 26.2 Å². The molecule has 1 saturated carbocycles. The van der Waals surface area contributed by atoms with Crippen molar-refractivity contribution in [3.8, 4) is 6.07 Å². The molecule has 1 amide bonds. The highest BCUT2D eigenvalue weighted by molar-refractivity contribution is 5.92. The molecule has 0 spiro atoms. The SMILES string of the molecule is Cc1c(N2CCC(F)(CNC(=O)O)C2)c(F)c(F)c2c(C#N)cc(=O)n(C3CCC3)c12. The van der Waals surface area contributed by atoms with Gasteiger partial charge in [-0.3, -0.25) is 4.79 Å². The molecule has 1 aromatic heterocycles. The second kappa shape index (κ2) is 7.48. The van der Waals surface area contributed by atoms with Gasteiger partial charge in [0.25, 0.3) is 5.56 Å². The number of nitriles is 1. The number of alkyl halides is 1. The van der Waals surface area contributed by atoms with E-state index in [-0.39, 0.29) is 53.3 Å². The number of amides is 1. The number of hydrogen-bond acceptors (Lipinski definition) is 4. The first kappa shape index (κ1) is 21.0. The number of carboxylic acid groups (broad SMARTS) is 1. The number of rotatable bonds is 4. The molecule has 1 atom stereocenters. The van der Waals surface area contributed by atoms with Crippen LogP contribution in [0.3, 0.4) is 0 Å². The molecule has 1 saturated heterocycles. The summed E-state index contributed by atoms with van der Waals surface area (Å²) in [6.45, 7) is 0.776. The van der Waals surface area contributed by atoms with Gasteiger partial charge >= 0.3 is 6.09 Å². The van der Waals surface area contributed by atoms with E-state index in [1.807, 2.05) is 5.32 Å². The molecule has 1 aliphatic carbocycles. The third-order valence-corrected chi connectivity index (χ3v) is 6.32. The van der Waals surface area contributed by atoms with Gasteiger partial charge in [0.2, 0.25) is 0 Å². The molecule has 2 aromatic rings. The summed E-state index contributed by atoms with van der Waals surface area (Å²) in [5.74, 6) is -2.46. The standard InChI is InChI=1S/C21H21F3N4O3/c1-11-18-15(12(8-25)7-14(29)28(18)13-3-2-4-13)16(22)17(23)19(11)27-6-5-21(24,10-27)9-26-20(30)31/h7,13,26H,2-6,9-10H2,1H3,(H,30,31). The lowest BCUT2D eigenvalue weighted by atomic mass is 9.91. The summed E-state index contributed by atoms with van der Waals surface area (Å²) in [5, 5.41) is 19.9. The van der Waals surface area contributed by atoms with Crippen LogP contribution in [0.1, 0.15) is 42.9 Å². The van der Waals surface area contributed by atoms with Gasteiger partial charge in [0.1, 0.15) is 11.7 Å². The molecule has 164 valence electrons. The number of nitrogens with one attached hydrogen (secondary N) is 1. The van der Waals surface area contributed by atoms with Crippen LogP contribution in [-0.4, -0.2) is 41.1 Å². The van der Waals surface area contributed by atoms with Crippen LogP contribution >= 0.6 is 0 Å². The molecule has 0 bridgehead atoms. The number of hydrogen-bond donors (Lipinski definition) is 2. The van der Waals surface area contributed by atoms with Gasteiger partial charge in [-0.25, -0.2) is 18.0 Å². The summed E-state index contributed by atoms with van der Waals surface area (Å²) >= 11 is 0. The van der Waals surface area contributed by atoms with Gasteiger partial charge in [0.05, 0.1) is 35.2 Å². The van der Waals surface area contributed by atoms with Crippen molar-refractivity contribution in [2.75, 3.05) is 24.5 Å². The predicted octanol–water partition coefficient (Wildman–Crippen LogP) is 3.37. The fourth-order valence-electron chi connectivity index (χ4n) is 4.58. The van der Waals surface area contributed by atoms with E-state index in [0.29, 0.717) is 12.8 Å². The number of aryl methyl sites for hydroxylation is 1. The number of nitrogens with zero attached hydrogens (tertiary/aromatic N) is 3. The van der Waals surface area contributed by atoms with E-state index in [0.717, 1.165) is 12.5 Å². The number of pyridine rings is 1. The van der Waals surface area contributed by atoms with E-state index in [1.165, 1.54) is 16.4 Å². The topological polar surface area (TPSA) is 98.4 Å². The minimum atomic E-state index is -1.94. The molecule has 4 rings (SSSR count). The Balaban J connectivity index is 1.89. The molecule has 0 radical (unpaired) electrons. The fourth-order valence-corrected chi connectivity index (χ4v) is 4.58. The van der Waals surface area contributed by atoms with E-state index in [9.17, 15) is 14.9 Å². The number of benzene rings is 1. The first-order valence-electron chi connectivity index (χ1n) is 10.0. The highest BCUT2D eigenvalue weighted by Crippen LogP contribution is 2.41. The molecule has 2 N–H and O–H groups in total. The highest BCUT2D eigenvalue weighted by atomic mass is 19.2. The molecular weight excluding hydrogens is 413 g/mol. The molecule has 1 unspecified atom stereocenters. The average Bonchev–Trinajstić information content (AvgIpc) is 3.06. The first-order valence-corrected chi connectivity index (χ1v) is 10.0. The van der Waals surface area contributed by atoms with Crippen LogP contribution in [0.5, 0.6) is 0 Å². The third-order valence-electron chi connectivity index (χ3n) is 6.32. The van der Waals surface area contributed by atoms with Crippen LogP contribution in [0.25, 0.3) is 10.9 Å². The van der Waals surface area contributed by atoms with Gasteiger partial charge in [-0.2, -0.15) is 5.26 Å². The summed E-state index contributed by atoms with van der Waals surface area (Å²) < 4.78 is 46.9. The molecule has 2 aliphatic rings. The van der Waals surface area contributed by atoms with E-state index in [1.54, 1.807) is 6.07 Å². The zero-order valence-corrected chi connectivity index (χ0v) is 16.8. The summed E-state index contributed by atoms with van der Waals surface area (Å²) in [5.41, 5.74) is -2.39. The number of fused-ring (bicyclic) bond motifs is 1. The Kier molecular flexibility index (Phi) is 5.07. The number of halogens is 3. The lowest BCUT2D eigenvalue weighted by Gasteiger charge is -2.31. The van der Waals surface area contributed by atoms with Crippen molar-refractivity contribution in [2.45, 2.75) is 44.3 Å². The second-order valence-corrected chi connectivity index (χ2v) is 8.27.